The van der Waals surface area contributed by atoms with Gasteiger partial charge < -0.3 is 10.6 Å². The summed E-state index contributed by atoms with van der Waals surface area (Å²) in [6.45, 7) is 6.85. The van der Waals surface area contributed by atoms with Gasteiger partial charge in [0.05, 0.1) is 0 Å². The summed E-state index contributed by atoms with van der Waals surface area (Å²) in [5, 5.41) is 0. The molecule has 2 N–H and O–H groups in total. The maximum atomic E-state index is 11.4. The molecule has 1 atom stereocenters. The van der Waals surface area contributed by atoms with Crippen molar-refractivity contribution in [3.63, 3.8) is 0 Å². The van der Waals surface area contributed by atoms with E-state index in [-0.39, 0.29) is 5.91 Å². The van der Waals surface area contributed by atoms with Crippen molar-refractivity contribution >= 4 is 5.91 Å². The monoisotopic (exact) mass is 186 g/mol. The summed E-state index contributed by atoms with van der Waals surface area (Å²) in [6, 6.07) is 0.319. The molecule has 1 amide bonds. The zero-order valence-corrected chi connectivity index (χ0v) is 9.21. The van der Waals surface area contributed by atoms with E-state index in [1.54, 1.807) is 4.90 Å². The molecule has 0 aliphatic carbocycles. The molecule has 3 heteroatoms. The van der Waals surface area contributed by atoms with Gasteiger partial charge in [0.2, 0.25) is 5.91 Å². The van der Waals surface area contributed by atoms with Gasteiger partial charge in [-0.05, 0) is 19.3 Å². The molecule has 78 valence electrons. The molecule has 0 aromatic rings. The van der Waals surface area contributed by atoms with E-state index in [4.69, 9.17) is 5.73 Å². The molecule has 1 unspecified atom stereocenters. The third-order valence-electron chi connectivity index (χ3n) is 2.23. The Balaban J connectivity index is 3.93. The van der Waals surface area contributed by atoms with Crippen LogP contribution in [0.4, 0.5) is 0 Å². The maximum absolute atomic E-state index is 11.4. The van der Waals surface area contributed by atoms with Crippen LogP contribution in [0, 0.1) is 5.92 Å². The Labute approximate surface area is 81.3 Å². The summed E-state index contributed by atoms with van der Waals surface area (Å²) in [5.41, 5.74) is 5.32. The van der Waals surface area contributed by atoms with Gasteiger partial charge in [0, 0.05) is 26.1 Å². The van der Waals surface area contributed by atoms with Crippen LogP contribution < -0.4 is 5.73 Å². The van der Waals surface area contributed by atoms with Crippen molar-refractivity contribution in [3.8, 4) is 0 Å². The van der Waals surface area contributed by atoms with Crippen molar-refractivity contribution in [1.82, 2.24) is 4.90 Å². The molecule has 0 aliphatic heterocycles. The van der Waals surface area contributed by atoms with Crippen molar-refractivity contribution in [2.75, 3.05) is 13.6 Å². The molecule has 13 heavy (non-hydrogen) atoms. The Hall–Kier alpha value is -0.570. The van der Waals surface area contributed by atoms with Gasteiger partial charge in [0.15, 0.2) is 0 Å². The van der Waals surface area contributed by atoms with Gasteiger partial charge in [-0.15, -0.1) is 0 Å². The van der Waals surface area contributed by atoms with Gasteiger partial charge in [-0.25, -0.2) is 0 Å². The van der Waals surface area contributed by atoms with E-state index in [2.05, 4.69) is 20.8 Å². The normalized spacial score (nSPS) is 13.1. The summed E-state index contributed by atoms with van der Waals surface area (Å²) < 4.78 is 0. The average Bonchev–Trinajstić information content (AvgIpc) is 2.02. The Bertz CT molecular complexity index is 157. The van der Waals surface area contributed by atoms with Crippen molar-refractivity contribution in [3.05, 3.63) is 0 Å². The van der Waals surface area contributed by atoms with Gasteiger partial charge in [-0.1, -0.05) is 13.8 Å². The zero-order chi connectivity index (χ0) is 10.4. The van der Waals surface area contributed by atoms with E-state index < -0.39 is 0 Å². The SMILES string of the molecule is CC(C)CC(C)N(C)C(=O)CCN. The lowest BCUT2D eigenvalue weighted by Crippen LogP contribution is -2.36. The highest BCUT2D eigenvalue weighted by Gasteiger charge is 2.15. The van der Waals surface area contributed by atoms with Crippen LogP contribution in [0.1, 0.15) is 33.6 Å². The lowest BCUT2D eigenvalue weighted by molar-refractivity contribution is -0.131. The van der Waals surface area contributed by atoms with Gasteiger partial charge in [-0.2, -0.15) is 0 Å². The molecule has 0 rings (SSSR count). The second-order valence-electron chi connectivity index (χ2n) is 4.02. The van der Waals surface area contributed by atoms with Crippen molar-refractivity contribution in [2.24, 2.45) is 11.7 Å². The van der Waals surface area contributed by atoms with Gasteiger partial charge in [0.1, 0.15) is 0 Å². The molecule has 0 bridgehead atoms. The number of carbonyl (C=O) groups excluding carboxylic acids is 1. The second-order valence-corrected chi connectivity index (χ2v) is 4.02. The molecule has 0 aromatic heterocycles. The van der Waals surface area contributed by atoms with E-state index in [0.717, 1.165) is 6.42 Å². The highest BCUT2D eigenvalue weighted by atomic mass is 16.2. The minimum absolute atomic E-state index is 0.149. The number of nitrogens with zero attached hydrogens (tertiary/aromatic N) is 1. The number of nitrogens with two attached hydrogens (primary N) is 1. The highest BCUT2D eigenvalue weighted by molar-refractivity contribution is 5.76. The molecule has 3 nitrogen and oxygen atoms in total. The Morgan fingerprint density at radius 3 is 2.31 bits per heavy atom. The van der Waals surface area contributed by atoms with Crippen LogP contribution in [0.15, 0.2) is 0 Å². The molecular formula is C10H22N2O. The number of amides is 1. The zero-order valence-electron chi connectivity index (χ0n) is 9.21. The number of hydrogen-bond acceptors (Lipinski definition) is 2. The van der Waals surface area contributed by atoms with E-state index in [1.165, 1.54) is 0 Å². The van der Waals surface area contributed by atoms with E-state index >= 15 is 0 Å². The molecule has 0 radical (unpaired) electrons. The van der Waals surface area contributed by atoms with Crippen molar-refractivity contribution < 1.29 is 4.79 Å². The molecular weight excluding hydrogens is 164 g/mol. The van der Waals surface area contributed by atoms with E-state index in [0.29, 0.717) is 24.9 Å². The first-order chi connectivity index (χ1) is 5.99. The van der Waals surface area contributed by atoms with Crippen LogP contribution in [-0.2, 0) is 4.79 Å². The molecule has 0 saturated heterocycles. The van der Waals surface area contributed by atoms with E-state index in [9.17, 15) is 4.79 Å². The number of rotatable bonds is 5. The summed E-state index contributed by atoms with van der Waals surface area (Å²) in [6.07, 6.45) is 1.51. The fraction of sp³-hybridized carbons (Fsp3) is 0.900. The Morgan fingerprint density at radius 1 is 1.38 bits per heavy atom. The van der Waals surface area contributed by atoms with Crippen LogP contribution in [0.3, 0.4) is 0 Å². The lowest BCUT2D eigenvalue weighted by Gasteiger charge is -2.26. The fourth-order valence-electron chi connectivity index (χ4n) is 1.39. The summed E-state index contributed by atoms with van der Waals surface area (Å²) in [4.78, 5) is 13.2. The van der Waals surface area contributed by atoms with Gasteiger partial charge in [0.25, 0.3) is 0 Å². The first kappa shape index (κ1) is 12.4. The maximum Gasteiger partial charge on any atom is 0.223 e. The van der Waals surface area contributed by atoms with Crippen molar-refractivity contribution in [1.29, 1.82) is 0 Å². The molecule has 0 aliphatic rings. The largest absolute Gasteiger partial charge is 0.343 e. The number of carbonyl (C=O) groups is 1. The molecule has 0 heterocycles. The summed E-state index contributed by atoms with van der Waals surface area (Å²) >= 11 is 0. The average molecular weight is 186 g/mol. The Kier molecular flexibility index (Phi) is 5.71. The minimum Gasteiger partial charge on any atom is -0.343 e. The first-order valence-electron chi connectivity index (χ1n) is 4.94. The van der Waals surface area contributed by atoms with Crippen LogP contribution in [0.5, 0.6) is 0 Å². The standard InChI is InChI=1S/C10H22N2O/c1-8(2)7-9(3)12(4)10(13)5-6-11/h8-9H,5-7,11H2,1-4H3. The first-order valence-corrected chi connectivity index (χ1v) is 4.94. The summed E-state index contributed by atoms with van der Waals surface area (Å²) in [7, 11) is 1.85. The van der Waals surface area contributed by atoms with Crippen LogP contribution in [0.25, 0.3) is 0 Å². The second kappa shape index (κ2) is 5.97. The lowest BCUT2D eigenvalue weighted by atomic mass is 10.0. The predicted molar refractivity (Wildman–Crippen MR) is 55.4 cm³/mol. The molecule has 0 saturated carbocycles. The van der Waals surface area contributed by atoms with E-state index in [1.807, 2.05) is 7.05 Å². The molecule has 0 aromatic carbocycles. The van der Waals surface area contributed by atoms with Gasteiger partial charge in [-0.3, -0.25) is 4.79 Å². The minimum atomic E-state index is 0.149. The highest BCUT2D eigenvalue weighted by Crippen LogP contribution is 2.10. The smallest absolute Gasteiger partial charge is 0.223 e. The quantitative estimate of drug-likeness (QED) is 0.702. The van der Waals surface area contributed by atoms with Crippen LogP contribution in [-0.4, -0.2) is 30.4 Å². The fourth-order valence-corrected chi connectivity index (χ4v) is 1.39. The van der Waals surface area contributed by atoms with Crippen LogP contribution >= 0.6 is 0 Å². The third kappa shape index (κ3) is 4.88. The number of hydrogen-bond donors (Lipinski definition) is 1. The van der Waals surface area contributed by atoms with Gasteiger partial charge >= 0.3 is 0 Å². The molecule has 0 spiro atoms. The van der Waals surface area contributed by atoms with Crippen LogP contribution in [0.2, 0.25) is 0 Å². The Morgan fingerprint density at radius 2 is 1.92 bits per heavy atom. The third-order valence-corrected chi connectivity index (χ3v) is 2.23. The van der Waals surface area contributed by atoms with Crippen molar-refractivity contribution in [2.45, 2.75) is 39.7 Å². The summed E-state index contributed by atoms with van der Waals surface area (Å²) in [5.74, 6) is 0.777. The topological polar surface area (TPSA) is 46.3 Å². The predicted octanol–water partition coefficient (Wildman–Crippen LogP) is 1.23. The molecule has 0 fully saturated rings.